The molecule has 0 radical (unpaired) electrons. The van der Waals surface area contributed by atoms with E-state index >= 15 is 0 Å². The van der Waals surface area contributed by atoms with Crippen molar-refractivity contribution in [2.24, 2.45) is 10.9 Å². The highest BCUT2D eigenvalue weighted by Crippen LogP contribution is 2.22. The van der Waals surface area contributed by atoms with Crippen LogP contribution in [0, 0.1) is 6.92 Å². The molecule has 0 aliphatic rings. The number of sulfonamides is 1. The summed E-state index contributed by atoms with van der Waals surface area (Å²) >= 11 is 1.16. The average Bonchev–Trinajstić information content (AvgIpc) is 2.62. The maximum atomic E-state index is 12.0. The van der Waals surface area contributed by atoms with Crippen LogP contribution in [0.15, 0.2) is 21.5 Å². The van der Waals surface area contributed by atoms with E-state index < -0.39 is 15.6 Å². The van der Waals surface area contributed by atoms with Crippen molar-refractivity contribution in [3.63, 3.8) is 0 Å². The monoisotopic (exact) mass is 277 g/mol. The fraction of sp³-hybridized carbons (Fsp3) is 0.444. The van der Waals surface area contributed by atoms with Gasteiger partial charge in [-0.2, -0.15) is 4.72 Å². The first-order valence-electron chi connectivity index (χ1n) is 4.77. The van der Waals surface area contributed by atoms with Crippen LogP contribution in [0.2, 0.25) is 0 Å². The summed E-state index contributed by atoms with van der Waals surface area (Å²) in [6, 6.07) is 3.24. The molecule has 0 saturated heterocycles. The van der Waals surface area contributed by atoms with Crippen LogP contribution in [0.4, 0.5) is 0 Å². The van der Waals surface area contributed by atoms with E-state index in [0.717, 1.165) is 16.2 Å². The van der Waals surface area contributed by atoms with E-state index in [1.54, 1.807) is 6.07 Å². The molecule has 0 fully saturated rings. The summed E-state index contributed by atoms with van der Waals surface area (Å²) in [6.45, 7) is 4.85. The van der Waals surface area contributed by atoms with Gasteiger partial charge in [0, 0.05) is 4.88 Å². The minimum absolute atomic E-state index is 0.200. The van der Waals surface area contributed by atoms with Gasteiger partial charge in [0.25, 0.3) is 10.0 Å². The Kier molecular flexibility index (Phi) is 3.80. The third-order valence-corrected chi connectivity index (χ3v) is 5.27. The highest BCUT2D eigenvalue weighted by Gasteiger charge is 2.30. The quantitative estimate of drug-likeness (QED) is 0.328. The molecular formula is C9H15N3O3S2. The summed E-state index contributed by atoms with van der Waals surface area (Å²) in [5.41, 5.74) is 4.27. The fourth-order valence-electron chi connectivity index (χ4n) is 1.12. The predicted molar refractivity (Wildman–Crippen MR) is 66.9 cm³/mol. The first kappa shape index (κ1) is 13.9. The number of thiophene rings is 1. The highest BCUT2D eigenvalue weighted by atomic mass is 32.2. The van der Waals surface area contributed by atoms with Gasteiger partial charge >= 0.3 is 0 Å². The van der Waals surface area contributed by atoms with Gasteiger partial charge < -0.3 is 10.9 Å². The molecule has 0 unspecified atom stereocenters. The SMILES string of the molecule is Cc1ccc(S(=O)(=O)NC(C)(C)/C(N)=N/O)s1. The summed E-state index contributed by atoms with van der Waals surface area (Å²) in [5.74, 6) is -0.200. The lowest BCUT2D eigenvalue weighted by atomic mass is 10.1. The molecule has 0 amide bonds. The molecule has 0 aromatic carbocycles. The lowest BCUT2D eigenvalue weighted by molar-refractivity contribution is 0.312. The molecule has 1 heterocycles. The maximum Gasteiger partial charge on any atom is 0.250 e. The number of hydrogen-bond donors (Lipinski definition) is 3. The standard InChI is InChI=1S/C9H15N3O3S2/c1-6-4-5-7(16-6)17(14,15)12-9(2,3)8(10)11-13/h4-5,12-13H,1-3H3,(H2,10,11). The maximum absolute atomic E-state index is 12.0. The van der Waals surface area contributed by atoms with Crippen molar-refractivity contribution in [1.82, 2.24) is 4.72 Å². The first-order valence-corrected chi connectivity index (χ1v) is 7.07. The van der Waals surface area contributed by atoms with Crippen molar-refractivity contribution in [2.75, 3.05) is 0 Å². The van der Waals surface area contributed by atoms with Gasteiger partial charge in [-0.25, -0.2) is 8.42 Å². The van der Waals surface area contributed by atoms with Crippen LogP contribution in [-0.2, 0) is 10.0 Å². The van der Waals surface area contributed by atoms with E-state index in [0.29, 0.717) is 0 Å². The molecule has 0 spiro atoms. The molecule has 1 aromatic heterocycles. The second kappa shape index (κ2) is 4.63. The number of oxime groups is 1. The zero-order chi connectivity index (χ0) is 13.3. The minimum atomic E-state index is -3.66. The van der Waals surface area contributed by atoms with Gasteiger partial charge in [0.1, 0.15) is 4.21 Å². The zero-order valence-electron chi connectivity index (χ0n) is 9.76. The molecule has 1 rings (SSSR count). The summed E-state index contributed by atoms with van der Waals surface area (Å²) in [6.07, 6.45) is 0. The predicted octanol–water partition coefficient (Wildman–Crippen LogP) is 0.860. The molecule has 17 heavy (non-hydrogen) atoms. The number of rotatable bonds is 4. The van der Waals surface area contributed by atoms with Crippen LogP contribution >= 0.6 is 11.3 Å². The van der Waals surface area contributed by atoms with Gasteiger partial charge in [-0.3, -0.25) is 0 Å². The summed E-state index contributed by atoms with van der Waals surface area (Å²) < 4.78 is 26.6. The largest absolute Gasteiger partial charge is 0.409 e. The zero-order valence-corrected chi connectivity index (χ0v) is 11.4. The number of nitrogens with zero attached hydrogens (tertiary/aromatic N) is 1. The molecule has 4 N–H and O–H groups in total. The van der Waals surface area contributed by atoms with E-state index in [4.69, 9.17) is 10.9 Å². The van der Waals surface area contributed by atoms with Crippen LogP contribution in [-0.4, -0.2) is 25.0 Å². The molecule has 96 valence electrons. The molecule has 0 aliphatic carbocycles. The molecule has 0 atom stereocenters. The first-order chi connectivity index (χ1) is 7.69. The Morgan fingerprint density at radius 3 is 2.53 bits per heavy atom. The van der Waals surface area contributed by atoms with Crippen LogP contribution in [0.25, 0.3) is 0 Å². The molecule has 8 heteroatoms. The highest BCUT2D eigenvalue weighted by molar-refractivity contribution is 7.91. The van der Waals surface area contributed by atoms with Crippen molar-refractivity contribution in [3.8, 4) is 0 Å². The van der Waals surface area contributed by atoms with E-state index in [1.807, 2.05) is 6.92 Å². The topological polar surface area (TPSA) is 105 Å². The van der Waals surface area contributed by atoms with Gasteiger partial charge in [0.05, 0.1) is 5.54 Å². The smallest absolute Gasteiger partial charge is 0.250 e. The Morgan fingerprint density at radius 1 is 1.53 bits per heavy atom. The lowest BCUT2D eigenvalue weighted by Crippen LogP contribution is -2.52. The Balaban J connectivity index is 3.03. The van der Waals surface area contributed by atoms with Crippen molar-refractivity contribution in [3.05, 3.63) is 17.0 Å². The summed E-state index contributed by atoms with van der Waals surface area (Å²) in [5, 5.41) is 11.4. The third-order valence-electron chi connectivity index (χ3n) is 2.12. The molecule has 6 nitrogen and oxygen atoms in total. The number of nitrogens with two attached hydrogens (primary N) is 1. The van der Waals surface area contributed by atoms with Crippen LogP contribution in [0.1, 0.15) is 18.7 Å². The van der Waals surface area contributed by atoms with Crippen molar-refractivity contribution < 1.29 is 13.6 Å². The molecule has 0 bridgehead atoms. The van der Waals surface area contributed by atoms with Gasteiger partial charge in [0.15, 0.2) is 5.84 Å². The van der Waals surface area contributed by atoms with E-state index in [1.165, 1.54) is 19.9 Å². The molecule has 1 aromatic rings. The third kappa shape index (κ3) is 3.18. The second-order valence-electron chi connectivity index (χ2n) is 4.08. The van der Waals surface area contributed by atoms with Crippen LogP contribution in [0.5, 0.6) is 0 Å². The van der Waals surface area contributed by atoms with E-state index in [9.17, 15) is 8.42 Å². The van der Waals surface area contributed by atoms with Crippen molar-refractivity contribution in [1.29, 1.82) is 0 Å². The van der Waals surface area contributed by atoms with Gasteiger partial charge in [0.2, 0.25) is 0 Å². The Bertz CT molecular complexity index is 531. The fourth-order valence-corrected chi connectivity index (χ4v) is 3.79. The number of hydrogen-bond acceptors (Lipinski definition) is 5. The van der Waals surface area contributed by atoms with E-state index in [2.05, 4.69) is 9.88 Å². The van der Waals surface area contributed by atoms with Crippen LogP contribution < -0.4 is 10.5 Å². The number of amidine groups is 1. The molecule has 0 saturated carbocycles. The number of nitrogens with one attached hydrogen (secondary N) is 1. The summed E-state index contributed by atoms with van der Waals surface area (Å²) in [4.78, 5) is 0.895. The van der Waals surface area contributed by atoms with Gasteiger partial charge in [-0.05, 0) is 32.9 Å². The summed E-state index contributed by atoms with van der Waals surface area (Å²) in [7, 11) is -3.66. The average molecular weight is 277 g/mol. The molecule has 0 aliphatic heterocycles. The van der Waals surface area contributed by atoms with Crippen LogP contribution in [0.3, 0.4) is 0 Å². The minimum Gasteiger partial charge on any atom is -0.409 e. The Labute approximate surface area is 104 Å². The van der Waals surface area contributed by atoms with E-state index in [-0.39, 0.29) is 10.0 Å². The second-order valence-corrected chi connectivity index (χ2v) is 7.28. The molecular weight excluding hydrogens is 262 g/mol. The van der Waals surface area contributed by atoms with Crippen molar-refractivity contribution in [2.45, 2.75) is 30.5 Å². The Hall–Kier alpha value is -1.12. The normalized spacial score (nSPS) is 13.9. The lowest BCUT2D eigenvalue weighted by Gasteiger charge is -2.23. The van der Waals surface area contributed by atoms with Crippen molar-refractivity contribution >= 4 is 27.2 Å². The van der Waals surface area contributed by atoms with Gasteiger partial charge in [-0.15, -0.1) is 11.3 Å². The number of aryl methyl sites for hydroxylation is 1. The Morgan fingerprint density at radius 2 is 2.12 bits per heavy atom. The van der Waals surface area contributed by atoms with Gasteiger partial charge in [-0.1, -0.05) is 5.16 Å².